The van der Waals surface area contributed by atoms with Crippen LogP contribution >= 0.6 is 11.6 Å². The van der Waals surface area contributed by atoms with Crippen LogP contribution in [0.25, 0.3) is 16.6 Å². The van der Waals surface area contributed by atoms with Crippen molar-refractivity contribution >= 4 is 40.3 Å². The molecule has 0 radical (unpaired) electrons. The predicted molar refractivity (Wildman–Crippen MR) is 141 cm³/mol. The van der Waals surface area contributed by atoms with Crippen LogP contribution in [0.2, 0.25) is 5.02 Å². The fourth-order valence-electron chi connectivity index (χ4n) is 4.59. The van der Waals surface area contributed by atoms with Gasteiger partial charge in [0.05, 0.1) is 27.7 Å². The summed E-state index contributed by atoms with van der Waals surface area (Å²) in [6.45, 7) is 6.70. The van der Waals surface area contributed by atoms with Crippen LogP contribution in [0.1, 0.15) is 52.4 Å². The Morgan fingerprint density at radius 2 is 1.79 bits per heavy atom. The Morgan fingerprint density at radius 1 is 1.15 bits per heavy atom. The molecule has 0 saturated heterocycles. The van der Waals surface area contributed by atoms with E-state index in [0.29, 0.717) is 0 Å². The molecular weight excluding hydrogens is 539 g/mol. The molecule has 1 heterocycles. The van der Waals surface area contributed by atoms with Crippen molar-refractivity contribution in [1.29, 1.82) is 0 Å². The number of alkyl halides is 3. The van der Waals surface area contributed by atoms with Crippen molar-refractivity contribution in [3.63, 3.8) is 0 Å². The van der Waals surface area contributed by atoms with Crippen LogP contribution in [-0.4, -0.2) is 48.9 Å². The molecule has 1 saturated carbocycles. The van der Waals surface area contributed by atoms with E-state index in [1.54, 1.807) is 39.8 Å². The van der Waals surface area contributed by atoms with Gasteiger partial charge in [-0.15, -0.1) is 0 Å². The molecular formula is C26H27ClF3N5O4. The molecule has 0 aliphatic heterocycles. The molecule has 0 spiro atoms. The molecule has 0 unspecified atom stereocenters. The zero-order chi connectivity index (χ0) is 28.9. The summed E-state index contributed by atoms with van der Waals surface area (Å²) in [4.78, 5) is 44.2. The lowest BCUT2D eigenvalue weighted by Gasteiger charge is -2.38. The Balaban J connectivity index is 1.82. The van der Waals surface area contributed by atoms with Crippen molar-refractivity contribution in [3.8, 4) is 5.69 Å². The number of aromatic nitrogens is 2. The first-order chi connectivity index (χ1) is 18.1. The number of hydrogen-bond donors (Lipinski definition) is 3. The van der Waals surface area contributed by atoms with Crippen molar-refractivity contribution in [3.05, 3.63) is 63.7 Å². The third-order valence-electron chi connectivity index (χ3n) is 6.57. The Labute approximate surface area is 226 Å². The van der Waals surface area contributed by atoms with Crippen molar-refractivity contribution in [2.75, 3.05) is 5.32 Å². The first-order valence-corrected chi connectivity index (χ1v) is 12.4. The van der Waals surface area contributed by atoms with Crippen LogP contribution in [0.3, 0.4) is 0 Å². The molecule has 4 rings (SSSR count). The SMILES string of the molecule is C[C@@H](c1nc2cccc(Cl)c2c(=O)n1-c1cccc(NC(=O)NC2(C(F)(F)F)CC2)c1)N(C(=O)O)C(C)(C)C. The van der Waals surface area contributed by atoms with Gasteiger partial charge >= 0.3 is 18.3 Å². The van der Waals surface area contributed by atoms with Gasteiger partial charge in [0.1, 0.15) is 11.4 Å². The van der Waals surface area contributed by atoms with Gasteiger partial charge in [-0.25, -0.2) is 14.6 Å². The predicted octanol–water partition coefficient (Wildman–Crippen LogP) is 6.10. The zero-order valence-corrected chi connectivity index (χ0v) is 22.3. The molecule has 2 aromatic carbocycles. The molecule has 208 valence electrons. The highest BCUT2D eigenvalue weighted by Gasteiger charge is 2.64. The van der Waals surface area contributed by atoms with Crippen LogP contribution in [0.5, 0.6) is 0 Å². The molecule has 3 amide bonds. The monoisotopic (exact) mass is 565 g/mol. The first kappa shape index (κ1) is 28.2. The van der Waals surface area contributed by atoms with Crippen LogP contribution in [0.15, 0.2) is 47.3 Å². The van der Waals surface area contributed by atoms with E-state index in [-0.39, 0.29) is 46.0 Å². The largest absolute Gasteiger partial charge is 0.465 e. The summed E-state index contributed by atoms with van der Waals surface area (Å²) in [5, 5.41) is 14.6. The molecule has 3 N–H and O–H groups in total. The van der Waals surface area contributed by atoms with E-state index < -0.39 is 41.0 Å². The topological polar surface area (TPSA) is 117 Å². The van der Waals surface area contributed by atoms with E-state index in [4.69, 9.17) is 11.6 Å². The number of nitrogens with zero attached hydrogens (tertiary/aromatic N) is 3. The molecule has 39 heavy (non-hydrogen) atoms. The van der Waals surface area contributed by atoms with Gasteiger partial charge in [0.2, 0.25) is 0 Å². The number of benzene rings is 2. The number of hydrogen-bond acceptors (Lipinski definition) is 4. The molecule has 0 bridgehead atoms. The minimum atomic E-state index is -4.58. The third-order valence-corrected chi connectivity index (χ3v) is 6.89. The van der Waals surface area contributed by atoms with Gasteiger partial charge in [-0.1, -0.05) is 23.7 Å². The van der Waals surface area contributed by atoms with Crippen molar-refractivity contribution in [2.24, 2.45) is 0 Å². The van der Waals surface area contributed by atoms with E-state index in [9.17, 15) is 32.7 Å². The van der Waals surface area contributed by atoms with Gasteiger partial charge in [0.15, 0.2) is 0 Å². The molecule has 13 heteroatoms. The molecule has 3 aromatic rings. The summed E-state index contributed by atoms with van der Waals surface area (Å²) in [7, 11) is 0. The highest BCUT2D eigenvalue weighted by atomic mass is 35.5. The Bertz CT molecular complexity index is 1510. The number of nitrogens with one attached hydrogen (secondary N) is 2. The number of carboxylic acid groups (broad SMARTS) is 1. The van der Waals surface area contributed by atoms with Crippen LogP contribution in [0.4, 0.5) is 28.4 Å². The lowest BCUT2D eigenvalue weighted by Crippen LogP contribution is -2.49. The van der Waals surface area contributed by atoms with Crippen molar-refractivity contribution < 1.29 is 27.9 Å². The fraction of sp³-hybridized carbons (Fsp3) is 0.385. The van der Waals surface area contributed by atoms with E-state index in [2.05, 4.69) is 10.3 Å². The lowest BCUT2D eigenvalue weighted by molar-refractivity contribution is -0.162. The molecule has 9 nitrogen and oxygen atoms in total. The van der Waals surface area contributed by atoms with E-state index in [1.807, 2.05) is 5.32 Å². The number of fused-ring (bicyclic) bond motifs is 1. The minimum Gasteiger partial charge on any atom is -0.465 e. The molecule has 1 aliphatic rings. The van der Waals surface area contributed by atoms with Gasteiger partial charge in [-0.3, -0.25) is 14.3 Å². The maximum atomic E-state index is 13.8. The first-order valence-electron chi connectivity index (χ1n) is 12.1. The number of amides is 3. The van der Waals surface area contributed by atoms with Gasteiger partial charge < -0.3 is 15.7 Å². The number of urea groups is 1. The summed E-state index contributed by atoms with van der Waals surface area (Å²) in [6, 6.07) is 8.63. The summed E-state index contributed by atoms with van der Waals surface area (Å²) in [5.74, 6) is 0.0858. The normalized spacial score (nSPS) is 15.5. The highest BCUT2D eigenvalue weighted by molar-refractivity contribution is 6.35. The standard InChI is InChI=1S/C26H27ClF3N5O4/c1-14(35(23(38)39)24(2,3)4)20-32-18-10-6-9-17(27)19(18)21(36)34(20)16-8-5-7-15(13-16)31-22(37)33-25(11-12-25)26(28,29)30/h5-10,13-14H,11-12H2,1-4H3,(H,38,39)(H2,31,33,37)/t14-/m0/s1. The Morgan fingerprint density at radius 3 is 2.36 bits per heavy atom. The molecule has 1 fully saturated rings. The maximum absolute atomic E-state index is 13.8. The van der Waals surface area contributed by atoms with Gasteiger partial charge in [0.25, 0.3) is 5.56 Å². The second kappa shape index (κ2) is 9.74. The number of carbonyl (C=O) groups excluding carboxylic acids is 1. The zero-order valence-electron chi connectivity index (χ0n) is 21.6. The third kappa shape index (κ3) is 5.38. The second-order valence-corrected chi connectivity index (χ2v) is 10.9. The molecule has 1 aromatic heterocycles. The minimum absolute atomic E-state index is 0.0858. The molecule has 1 aliphatic carbocycles. The fourth-order valence-corrected chi connectivity index (χ4v) is 4.84. The van der Waals surface area contributed by atoms with Gasteiger partial charge in [0, 0.05) is 11.2 Å². The number of anilines is 1. The van der Waals surface area contributed by atoms with Crippen LogP contribution < -0.4 is 16.2 Å². The van der Waals surface area contributed by atoms with E-state index in [1.165, 1.54) is 34.9 Å². The summed E-state index contributed by atoms with van der Waals surface area (Å²) < 4.78 is 41.0. The number of carbonyl (C=O) groups is 2. The van der Waals surface area contributed by atoms with Crippen LogP contribution in [0, 0.1) is 0 Å². The Kier molecular flexibility index (Phi) is 7.05. The smallest absolute Gasteiger partial charge is 0.411 e. The average molecular weight is 566 g/mol. The lowest BCUT2D eigenvalue weighted by atomic mass is 10.0. The summed E-state index contributed by atoms with van der Waals surface area (Å²) in [6.07, 6.45) is -6.23. The molecule has 1 atom stereocenters. The van der Waals surface area contributed by atoms with Gasteiger partial charge in [-0.05, 0) is 70.9 Å². The van der Waals surface area contributed by atoms with Crippen molar-refractivity contribution in [1.82, 2.24) is 19.8 Å². The average Bonchev–Trinajstić information content (AvgIpc) is 3.58. The number of rotatable bonds is 5. The van der Waals surface area contributed by atoms with Crippen LogP contribution in [-0.2, 0) is 0 Å². The second-order valence-electron chi connectivity index (χ2n) is 10.5. The van der Waals surface area contributed by atoms with Gasteiger partial charge in [-0.2, -0.15) is 13.2 Å². The summed E-state index contributed by atoms with van der Waals surface area (Å²) in [5.41, 5.74) is -3.12. The van der Waals surface area contributed by atoms with E-state index in [0.717, 1.165) is 4.90 Å². The quantitative estimate of drug-likeness (QED) is 0.346. The van der Waals surface area contributed by atoms with E-state index >= 15 is 0 Å². The number of halogens is 4. The highest BCUT2D eigenvalue weighted by Crippen LogP contribution is 2.48. The Hall–Kier alpha value is -3.80. The maximum Gasteiger partial charge on any atom is 0.411 e. The van der Waals surface area contributed by atoms with Crippen molar-refractivity contribution in [2.45, 2.75) is 63.8 Å². The summed E-state index contributed by atoms with van der Waals surface area (Å²) >= 11 is 6.33.